The molecule has 1 fully saturated rings. The van der Waals surface area contributed by atoms with Crippen LogP contribution in [-0.2, 0) is 10.0 Å². The van der Waals surface area contributed by atoms with Crippen molar-refractivity contribution in [3.63, 3.8) is 0 Å². The van der Waals surface area contributed by atoms with Gasteiger partial charge in [0.15, 0.2) is 0 Å². The predicted octanol–water partition coefficient (Wildman–Crippen LogP) is 2.32. The van der Waals surface area contributed by atoms with Crippen molar-refractivity contribution in [2.75, 3.05) is 13.1 Å². The van der Waals surface area contributed by atoms with Gasteiger partial charge in [0.1, 0.15) is 10.7 Å². The van der Waals surface area contributed by atoms with Gasteiger partial charge in [0, 0.05) is 19.1 Å². The number of rotatable bonds is 3. The van der Waals surface area contributed by atoms with E-state index in [0.29, 0.717) is 6.54 Å². The highest BCUT2D eigenvalue weighted by Crippen LogP contribution is 2.31. The van der Waals surface area contributed by atoms with Gasteiger partial charge in [-0.1, -0.05) is 11.6 Å². The lowest BCUT2D eigenvalue weighted by atomic mass is 10.2. The number of nitrogens with two attached hydrogens (primary N) is 1. The van der Waals surface area contributed by atoms with Gasteiger partial charge >= 0.3 is 0 Å². The maximum absolute atomic E-state index is 13.4. The SMILES string of the molecule is Cc1cc(S(=O)(=O)N2CCCC2CN)c(Cl)cc1F.Cl. The fourth-order valence-electron chi connectivity index (χ4n) is 2.32. The van der Waals surface area contributed by atoms with Crippen molar-refractivity contribution in [2.24, 2.45) is 5.73 Å². The molecule has 8 heteroatoms. The molecule has 0 amide bonds. The molecular formula is C12H17Cl2FN2O2S. The third-order valence-electron chi connectivity index (χ3n) is 3.39. The fraction of sp³-hybridized carbons (Fsp3) is 0.500. The molecule has 114 valence electrons. The van der Waals surface area contributed by atoms with E-state index in [-0.39, 0.29) is 40.5 Å². The highest BCUT2D eigenvalue weighted by Gasteiger charge is 2.35. The average molecular weight is 343 g/mol. The Morgan fingerprint density at radius 3 is 2.75 bits per heavy atom. The number of sulfonamides is 1. The Balaban J connectivity index is 0.00000200. The quantitative estimate of drug-likeness (QED) is 0.916. The second kappa shape index (κ2) is 6.58. The topological polar surface area (TPSA) is 63.4 Å². The van der Waals surface area contributed by atoms with E-state index in [1.54, 1.807) is 0 Å². The lowest BCUT2D eigenvalue weighted by Crippen LogP contribution is -2.40. The third kappa shape index (κ3) is 3.09. The molecule has 0 aromatic heterocycles. The molecular weight excluding hydrogens is 326 g/mol. The summed E-state index contributed by atoms with van der Waals surface area (Å²) in [4.78, 5) is -0.0478. The predicted molar refractivity (Wildman–Crippen MR) is 79.4 cm³/mol. The lowest BCUT2D eigenvalue weighted by molar-refractivity contribution is 0.393. The molecule has 1 saturated heterocycles. The van der Waals surface area contributed by atoms with Gasteiger partial charge in [-0.3, -0.25) is 0 Å². The van der Waals surface area contributed by atoms with Crippen LogP contribution in [0.15, 0.2) is 17.0 Å². The summed E-state index contributed by atoms with van der Waals surface area (Å²) in [7, 11) is -3.72. The molecule has 0 bridgehead atoms. The summed E-state index contributed by atoms with van der Waals surface area (Å²) in [5.41, 5.74) is 5.85. The Kier molecular flexibility index (Phi) is 5.80. The van der Waals surface area contributed by atoms with E-state index in [9.17, 15) is 12.8 Å². The van der Waals surface area contributed by atoms with Crippen molar-refractivity contribution >= 4 is 34.0 Å². The number of halogens is 3. The molecule has 1 heterocycles. The molecule has 2 rings (SSSR count). The number of hydrogen-bond acceptors (Lipinski definition) is 3. The van der Waals surface area contributed by atoms with Gasteiger partial charge < -0.3 is 5.73 Å². The molecule has 4 nitrogen and oxygen atoms in total. The van der Waals surface area contributed by atoms with Crippen LogP contribution >= 0.6 is 24.0 Å². The Bertz CT molecular complexity index is 595. The van der Waals surface area contributed by atoms with E-state index in [4.69, 9.17) is 17.3 Å². The largest absolute Gasteiger partial charge is 0.329 e. The molecule has 0 radical (unpaired) electrons. The summed E-state index contributed by atoms with van der Waals surface area (Å²) in [5.74, 6) is -0.513. The number of benzene rings is 1. The molecule has 0 saturated carbocycles. The molecule has 1 atom stereocenters. The van der Waals surface area contributed by atoms with Gasteiger partial charge in [-0.25, -0.2) is 12.8 Å². The first-order valence-electron chi connectivity index (χ1n) is 6.05. The Morgan fingerprint density at radius 1 is 1.50 bits per heavy atom. The van der Waals surface area contributed by atoms with Crippen molar-refractivity contribution in [3.05, 3.63) is 28.5 Å². The second-order valence-electron chi connectivity index (χ2n) is 4.68. The van der Waals surface area contributed by atoms with E-state index < -0.39 is 15.8 Å². The zero-order valence-corrected chi connectivity index (χ0v) is 13.4. The summed E-state index contributed by atoms with van der Waals surface area (Å²) < 4.78 is 39.8. The van der Waals surface area contributed by atoms with Crippen molar-refractivity contribution in [3.8, 4) is 0 Å². The van der Waals surface area contributed by atoms with Gasteiger partial charge in [-0.05, 0) is 37.5 Å². The van der Waals surface area contributed by atoms with Crippen LogP contribution < -0.4 is 5.73 Å². The lowest BCUT2D eigenvalue weighted by Gasteiger charge is -2.23. The molecule has 1 unspecified atom stereocenters. The summed E-state index contributed by atoms with van der Waals surface area (Å²) in [6.07, 6.45) is 1.52. The Morgan fingerprint density at radius 2 is 2.15 bits per heavy atom. The van der Waals surface area contributed by atoms with Gasteiger partial charge in [0.25, 0.3) is 0 Å². The van der Waals surface area contributed by atoms with Crippen LogP contribution in [0.1, 0.15) is 18.4 Å². The molecule has 1 aromatic carbocycles. The molecule has 0 aliphatic carbocycles. The van der Waals surface area contributed by atoms with Crippen molar-refractivity contribution in [1.29, 1.82) is 0 Å². The molecule has 20 heavy (non-hydrogen) atoms. The monoisotopic (exact) mass is 342 g/mol. The minimum atomic E-state index is -3.72. The van der Waals surface area contributed by atoms with Crippen molar-refractivity contribution in [1.82, 2.24) is 4.31 Å². The zero-order chi connectivity index (χ0) is 14.2. The standard InChI is InChI=1S/C12H16ClFN2O2S.ClH/c1-8-5-12(10(13)6-11(8)14)19(17,18)16-4-2-3-9(16)7-15;/h5-6,9H,2-4,7,15H2,1H3;1H. The van der Waals surface area contributed by atoms with Crippen LogP contribution in [0.2, 0.25) is 5.02 Å². The molecule has 0 spiro atoms. The van der Waals surface area contributed by atoms with E-state index in [0.717, 1.165) is 18.9 Å². The maximum Gasteiger partial charge on any atom is 0.244 e. The molecule has 1 aliphatic rings. The van der Waals surface area contributed by atoms with Crippen LogP contribution in [0.4, 0.5) is 4.39 Å². The van der Waals surface area contributed by atoms with E-state index in [1.165, 1.54) is 17.3 Å². The maximum atomic E-state index is 13.4. The van der Waals surface area contributed by atoms with Crippen LogP contribution in [0.25, 0.3) is 0 Å². The fourth-order valence-corrected chi connectivity index (χ4v) is 4.60. The van der Waals surface area contributed by atoms with E-state index in [1.807, 2.05) is 0 Å². The first-order valence-corrected chi connectivity index (χ1v) is 7.87. The summed E-state index contributed by atoms with van der Waals surface area (Å²) in [6, 6.07) is 2.11. The van der Waals surface area contributed by atoms with Crippen molar-refractivity contribution < 1.29 is 12.8 Å². The Hall–Kier alpha value is -0.400. The van der Waals surface area contributed by atoms with Crippen LogP contribution in [-0.4, -0.2) is 31.9 Å². The smallest absolute Gasteiger partial charge is 0.244 e. The average Bonchev–Trinajstić information content (AvgIpc) is 2.82. The Labute approximate surface area is 129 Å². The van der Waals surface area contributed by atoms with E-state index >= 15 is 0 Å². The normalized spacial score (nSPS) is 19.9. The highest BCUT2D eigenvalue weighted by atomic mass is 35.5. The second-order valence-corrected chi connectivity index (χ2v) is 6.95. The minimum Gasteiger partial charge on any atom is -0.329 e. The number of hydrogen-bond donors (Lipinski definition) is 1. The molecule has 1 aromatic rings. The van der Waals surface area contributed by atoms with Gasteiger partial charge in [0.05, 0.1) is 5.02 Å². The highest BCUT2D eigenvalue weighted by molar-refractivity contribution is 7.89. The number of nitrogens with zero attached hydrogens (tertiary/aromatic N) is 1. The summed E-state index contributed by atoms with van der Waals surface area (Å²) >= 11 is 5.88. The summed E-state index contributed by atoms with van der Waals surface area (Å²) in [5, 5.41) is -0.0919. The van der Waals surface area contributed by atoms with Crippen LogP contribution in [0.3, 0.4) is 0 Å². The molecule has 1 aliphatic heterocycles. The molecule has 2 N–H and O–H groups in total. The summed E-state index contributed by atoms with van der Waals surface area (Å²) in [6.45, 7) is 2.21. The van der Waals surface area contributed by atoms with Gasteiger partial charge in [-0.15, -0.1) is 12.4 Å². The van der Waals surface area contributed by atoms with Gasteiger partial charge in [0.2, 0.25) is 10.0 Å². The van der Waals surface area contributed by atoms with Crippen molar-refractivity contribution in [2.45, 2.75) is 30.7 Å². The number of aryl methyl sites for hydroxylation is 1. The first kappa shape index (κ1) is 17.7. The van der Waals surface area contributed by atoms with Crippen LogP contribution in [0, 0.1) is 12.7 Å². The van der Waals surface area contributed by atoms with Gasteiger partial charge in [-0.2, -0.15) is 4.31 Å². The first-order chi connectivity index (χ1) is 8.87. The third-order valence-corrected chi connectivity index (χ3v) is 5.81. The van der Waals surface area contributed by atoms with Crippen LogP contribution in [0.5, 0.6) is 0 Å². The zero-order valence-electron chi connectivity index (χ0n) is 11.0. The minimum absolute atomic E-state index is 0. The van der Waals surface area contributed by atoms with E-state index in [2.05, 4.69) is 0 Å².